The van der Waals surface area contributed by atoms with Gasteiger partial charge in [-0.05, 0) is 61.7 Å². The standard InChI is InChI=1S/C31H51NO5Si/c1-11-22(2)27(32(6)28(34)36-21-23-15-13-12-14-16-23)25(35-7)19-26(33)31(37-38(8,9)10)20-24-17-18-30(31,5)29(24,3)4/h12-16,22,24-25,27H,11,17-21H2,1-10H3/t22-,24+,25+,27-,30+,31-/m0/s1. The summed E-state index contributed by atoms with van der Waals surface area (Å²) in [7, 11) is 1.36. The maximum atomic E-state index is 14.5. The average Bonchev–Trinajstić information content (AvgIpc) is 3.18. The number of likely N-dealkylation sites (N-methyl/N-ethyl adjacent to an activating group) is 1. The SMILES string of the molecule is CC[C@H](C)[C@@H]([C@@H](CC(=O)[C@@]1(O[Si](C)(C)C)C[C@H]2CC[C@]1(C)C2(C)C)OC)N(C)C(=O)OCc1ccccc1. The molecule has 6 atom stereocenters. The summed E-state index contributed by atoms with van der Waals surface area (Å²) >= 11 is 0. The lowest BCUT2D eigenvalue weighted by molar-refractivity contribution is -0.155. The number of methoxy groups -OCH3 is 1. The summed E-state index contributed by atoms with van der Waals surface area (Å²) in [4.78, 5) is 29.3. The Morgan fingerprint density at radius 3 is 2.24 bits per heavy atom. The van der Waals surface area contributed by atoms with Crippen LogP contribution in [0.3, 0.4) is 0 Å². The number of hydrogen-bond acceptors (Lipinski definition) is 5. The highest BCUT2D eigenvalue weighted by molar-refractivity contribution is 6.70. The molecule has 7 heteroatoms. The van der Waals surface area contributed by atoms with Gasteiger partial charge in [0.1, 0.15) is 12.2 Å². The maximum absolute atomic E-state index is 14.5. The van der Waals surface area contributed by atoms with E-state index in [1.807, 2.05) is 30.3 Å². The Morgan fingerprint density at radius 1 is 1.13 bits per heavy atom. The van der Waals surface area contributed by atoms with Crippen LogP contribution in [0.1, 0.15) is 72.3 Å². The predicted octanol–water partition coefficient (Wildman–Crippen LogP) is 7.08. The summed E-state index contributed by atoms with van der Waals surface area (Å²) in [6, 6.07) is 9.36. The van der Waals surface area contributed by atoms with Crippen molar-refractivity contribution in [1.82, 2.24) is 4.90 Å². The van der Waals surface area contributed by atoms with E-state index in [4.69, 9.17) is 13.9 Å². The second-order valence-corrected chi connectivity index (χ2v) is 17.9. The molecule has 6 nitrogen and oxygen atoms in total. The minimum Gasteiger partial charge on any atom is -0.445 e. The van der Waals surface area contributed by atoms with Gasteiger partial charge in [-0.25, -0.2) is 4.79 Å². The number of ether oxygens (including phenoxy) is 2. The van der Waals surface area contributed by atoms with Crippen LogP contribution in [0, 0.1) is 22.7 Å². The van der Waals surface area contributed by atoms with Crippen LogP contribution in [0.4, 0.5) is 4.79 Å². The van der Waals surface area contributed by atoms with Crippen molar-refractivity contribution in [2.75, 3.05) is 14.2 Å². The van der Waals surface area contributed by atoms with Gasteiger partial charge >= 0.3 is 6.09 Å². The third-order valence-electron chi connectivity index (χ3n) is 10.0. The molecular weight excluding hydrogens is 494 g/mol. The molecule has 2 fully saturated rings. The van der Waals surface area contributed by atoms with Gasteiger partial charge in [-0.1, -0.05) is 71.4 Å². The molecule has 3 rings (SSSR count). The van der Waals surface area contributed by atoms with E-state index < -0.39 is 26.1 Å². The lowest BCUT2D eigenvalue weighted by Crippen LogP contribution is -2.60. The Bertz CT molecular complexity index is 976. The molecule has 214 valence electrons. The lowest BCUT2D eigenvalue weighted by Gasteiger charge is -2.50. The van der Waals surface area contributed by atoms with Gasteiger partial charge in [0.2, 0.25) is 0 Å². The van der Waals surface area contributed by atoms with E-state index in [1.165, 1.54) is 0 Å². The number of nitrogens with zero attached hydrogens (tertiary/aromatic N) is 1. The van der Waals surface area contributed by atoms with Gasteiger partial charge in [0.15, 0.2) is 14.1 Å². The normalized spacial score (nSPS) is 28.5. The van der Waals surface area contributed by atoms with Crippen molar-refractivity contribution in [2.24, 2.45) is 22.7 Å². The zero-order valence-electron chi connectivity index (χ0n) is 25.4. The van der Waals surface area contributed by atoms with Gasteiger partial charge in [-0.15, -0.1) is 0 Å². The minimum absolute atomic E-state index is 0.0268. The molecule has 0 unspecified atom stereocenters. The fraction of sp³-hybridized carbons (Fsp3) is 0.742. The fourth-order valence-electron chi connectivity index (χ4n) is 7.28. The highest BCUT2D eigenvalue weighted by atomic mass is 28.4. The highest BCUT2D eigenvalue weighted by Crippen LogP contribution is 2.71. The van der Waals surface area contributed by atoms with Gasteiger partial charge in [-0.2, -0.15) is 0 Å². The first kappa shape index (κ1) is 30.8. The maximum Gasteiger partial charge on any atom is 0.410 e. The summed E-state index contributed by atoms with van der Waals surface area (Å²) in [6.45, 7) is 17.9. The van der Waals surface area contributed by atoms with Crippen LogP contribution < -0.4 is 0 Å². The Morgan fingerprint density at radius 2 is 1.76 bits per heavy atom. The number of rotatable bonds is 12. The van der Waals surface area contributed by atoms with Crippen LogP contribution in [0.2, 0.25) is 19.6 Å². The number of carbonyl (C=O) groups is 2. The van der Waals surface area contributed by atoms with E-state index in [0.29, 0.717) is 5.92 Å². The number of Topliss-reactive ketones (excluding diaryl/α,β-unsaturated/α-hetero) is 1. The zero-order chi connectivity index (χ0) is 28.5. The van der Waals surface area contributed by atoms with Crippen molar-refractivity contribution in [2.45, 2.75) is 111 Å². The summed E-state index contributed by atoms with van der Waals surface area (Å²) in [6.07, 6.45) is 3.11. The van der Waals surface area contributed by atoms with Crippen molar-refractivity contribution in [3.05, 3.63) is 35.9 Å². The molecule has 0 aliphatic heterocycles. The Balaban J connectivity index is 1.86. The van der Waals surface area contributed by atoms with Crippen LogP contribution in [-0.2, 0) is 25.3 Å². The molecule has 2 aliphatic rings. The summed E-state index contributed by atoms with van der Waals surface area (Å²) < 4.78 is 18.6. The molecule has 0 aromatic heterocycles. The number of hydrogen-bond donors (Lipinski definition) is 0. The molecule has 1 aromatic rings. The van der Waals surface area contributed by atoms with Gasteiger partial charge in [-0.3, -0.25) is 4.79 Å². The van der Waals surface area contributed by atoms with Gasteiger partial charge in [0.05, 0.1) is 12.1 Å². The van der Waals surface area contributed by atoms with E-state index in [1.54, 1.807) is 19.1 Å². The van der Waals surface area contributed by atoms with Gasteiger partial charge in [0, 0.05) is 26.0 Å². The topological polar surface area (TPSA) is 65.1 Å². The van der Waals surface area contributed by atoms with Gasteiger partial charge in [0.25, 0.3) is 0 Å². The molecule has 38 heavy (non-hydrogen) atoms. The fourth-order valence-corrected chi connectivity index (χ4v) is 8.74. The van der Waals surface area contributed by atoms with Crippen molar-refractivity contribution in [3.63, 3.8) is 0 Å². The van der Waals surface area contributed by atoms with Crippen molar-refractivity contribution < 1.29 is 23.5 Å². The van der Waals surface area contributed by atoms with E-state index >= 15 is 0 Å². The van der Waals surface area contributed by atoms with Gasteiger partial charge < -0.3 is 18.8 Å². The smallest absolute Gasteiger partial charge is 0.410 e. The third-order valence-corrected chi connectivity index (χ3v) is 11.0. The zero-order valence-corrected chi connectivity index (χ0v) is 26.4. The number of ketones is 1. The first-order valence-corrected chi connectivity index (χ1v) is 17.7. The third kappa shape index (κ3) is 5.61. The van der Waals surface area contributed by atoms with E-state index in [2.05, 4.69) is 54.3 Å². The molecule has 1 amide bonds. The lowest BCUT2D eigenvalue weighted by atomic mass is 9.62. The molecule has 0 saturated heterocycles. The first-order chi connectivity index (χ1) is 17.6. The van der Waals surface area contributed by atoms with E-state index in [9.17, 15) is 9.59 Å². The van der Waals surface area contributed by atoms with E-state index in [-0.39, 0.29) is 41.6 Å². The largest absolute Gasteiger partial charge is 0.445 e. The summed E-state index contributed by atoms with van der Waals surface area (Å²) in [5, 5.41) is 0. The summed E-state index contributed by atoms with van der Waals surface area (Å²) in [5.41, 5.74) is -0.0795. The molecule has 2 saturated carbocycles. The average molecular weight is 546 g/mol. The molecule has 0 N–H and O–H groups in total. The van der Waals surface area contributed by atoms with Crippen LogP contribution in [0.15, 0.2) is 30.3 Å². The number of carbonyl (C=O) groups excluding carboxylic acids is 2. The second kappa shape index (κ2) is 11.4. The number of fused-ring (bicyclic) bond motifs is 2. The van der Waals surface area contributed by atoms with Crippen molar-refractivity contribution in [1.29, 1.82) is 0 Å². The Kier molecular flexibility index (Phi) is 9.27. The van der Waals surface area contributed by atoms with Crippen LogP contribution in [0.25, 0.3) is 0 Å². The van der Waals surface area contributed by atoms with Crippen molar-refractivity contribution in [3.8, 4) is 0 Å². The van der Waals surface area contributed by atoms with Crippen LogP contribution in [0.5, 0.6) is 0 Å². The first-order valence-electron chi connectivity index (χ1n) is 14.3. The predicted molar refractivity (Wildman–Crippen MR) is 154 cm³/mol. The Hall–Kier alpha value is -1.70. The van der Waals surface area contributed by atoms with Crippen LogP contribution >= 0.6 is 0 Å². The van der Waals surface area contributed by atoms with Crippen LogP contribution in [-0.4, -0.2) is 57.0 Å². The molecule has 0 heterocycles. The Labute approximate surface area is 231 Å². The minimum atomic E-state index is -2.05. The number of benzene rings is 1. The quantitative estimate of drug-likeness (QED) is 0.263. The molecule has 0 radical (unpaired) electrons. The monoisotopic (exact) mass is 545 g/mol. The number of amides is 1. The van der Waals surface area contributed by atoms with E-state index in [0.717, 1.165) is 31.2 Å². The molecular formula is C31H51NO5Si. The second-order valence-electron chi connectivity index (χ2n) is 13.5. The summed E-state index contributed by atoms with van der Waals surface area (Å²) in [5.74, 6) is 0.710. The molecule has 2 bridgehead atoms. The van der Waals surface area contributed by atoms with Crippen molar-refractivity contribution >= 4 is 20.2 Å². The molecule has 0 spiro atoms. The molecule has 2 aliphatic carbocycles. The molecule has 1 aromatic carbocycles. The highest BCUT2D eigenvalue weighted by Gasteiger charge is 2.72.